The zero-order valence-corrected chi connectivity index (χ0v) is 18.4. The summed E-state index contributed by atoms with van der Waals surface area (Å²) in [7, 11) is 0. The Hall–Kier alpha value is -3.00. The van der Waals surface area contributed by atoms with E-state index in [-0.39, 0.29) is 23.6 Å². The SMILES string of the molecule is CC(C)C(NC(=O)CSc1nnc(-c2ccccc2)o1)c1ccc2c(c1)OCCCO2. The summed E-state index contributed by atoms with van der Waals surface area (Å²) in [5.74, 6) is 2.20. The first-order valence-corrected chi connectivity index (χ1v) is 11.3. The molecule has 7 nitrogen and oxygen atoms in total. The van der Waals surface area contributed by atoms with Gasteiger partial charge in [0.05, 0.1) is 25.0 Å². The van der Waals surface area contributed by atoms with Crippen molar-refractivity contribution in [2.75, 3.05) is 19.0 Å². The van der Waals surface area contributed by atoms with Gasteiger partial charge in [-0.05, 0) is 35.7 Å². The summed E-state index contributed by atoms with van der Waals surface area (Å²) in [4.78, 5) is 12.6. The molecule has 2 aromatic carbocycles. The van der Waals surface area contributed by atoms with Crippen molar-refractivity contribution in [2.45, 2.75) is 31.5 Å². The van der Waals surface area contributed by atoms with Gasteiger partial charge in [0.1, 0.15) is 0 Å². The number of amides is 1. The monoisotopic (exact) mass is 439 g/mol. The summed E-state index contributed by atoms with van der Waals surface area (Å²) in [6.07, 6.45) is 0.854. The first-order valence-electron chi connectivity index (χ1n) is 10.3. The predicted octanol–water partition coefficient (Wildman–Crippen LogP) is 4.50. The number of hydrogen-bond donors (Lipinski definition) is 1. The molecule has 1 unspecified atom stereocenters. The summed E-state index contributed by atoms with van der Waals surface area (Å²) in [6, 6.07) is 15.3. The minimum atomic E-state index is -0.146. The zero-order chi connectivity index (χ0) is 21.6. The van der Waals surface area contributed by atoms with Crippen LogP contribution in [-0.4, -0.2) is 35.1 Å². The highest BCUT2D eigenvalue weighted by atomic mass is 32.2. The molecule has 4 rings (SSSR count). The summed E-state index contributed by atoms with van der Waals surface area (Å²) in [5, 5.41) is 11.6. The maximum Gasteiger partial charge on any atom is 0.277 e. The molecule has 0 aliphatic carbocycles. The van der Waals surface area contributed by atoms with Crippen LogP contribution in [0.25, 0.3) is 11.5 Å². The molecule has 1 aliphatic heterocycles. The van der Waals surface area contributed by atoms with E-state index in [0.29, 0.717) is 24.3 Å². The molecule has 3 aromatic rings. The lowest BCUT2D eigenvalue weighted by atomic mass is 9.95. The Kier molecular flexibility index (Phi) is 6.76. The summed E-state index contributed by atoms with van der Waals surface area (Å²) < 4.78 is 17.2. The molecule has 31 heavy (non-hydrogen) atoms. The zero-order valence-electron chi connectivity index (χ0n) is 17.5. The number of nitrogens with one attached hydrogen (secondary N) is 1. The molecule has 0 fully saturated rings. The highest BCUT2D eigenvalue weighted by molar-refractivity contribution is 7.99. The second kappa shape index (κ2) is 9.87. The van der Waals surface area contributed by atoms with E-state index in [1.807, 2.05) is 48.5 Å². The van der Waals surface area contributed by atoms with E-state index in [0.717, 1.165) is 29.0 Å². The third kappa shape index (κ3) is 5.38. The van der Waals surface area contributed by atoms with Crippen molar-refractivity contribution in [2.24, 2.45) is 5.92 Å². The van der Waals surface area contributed by atoms with E-state index >= 15 is 0 Å². The van der Waals surface area contributed by atoms with Crippen LogP contribution >= 0.6 is 11.8 Å². The number of aromatic nitrogens is 2. The first kappa shape index (κ1) is 21.2. The van der Waals surface area contributed by atoms with Crippen LogP contribution in [-0.2, 0) is 4.79 Å². The van der Waals surface area contributed by atoms with E-state index in [9.17, 15) is 4.79 Å². The van der Waals surface area contributed by atoms with Crippen molar-refractivity contribution in [1.29, 1.82) is 0 Å². The van der Waals surface area contributed by atoms with Crippen LogP contribution in [0.1, 0.15) is 31.9 Å². The molecular formula is C23H25N3O4S. The fraction of sp³-hybridized carbons (Fsp3) is 0.348. The molecule has 0 radical (unpaired) electrons. The van der Waals surface area contributed by atoms with Gasteiger partial charge < -0.3 is 19.2 Å². The molecule has 162 valence electrons. The lowest BCUT2D eigenvalue weighted by Gasteiger charge is -2.23. The van der Waals surface area contributed by atoms with Gasteiger partial charge in [-0.15, -0.1) is 10.2 Å². The van der Waals surface area contributed by atoms with Crippen LogP contribution in [0.3, 0.4) is 0 Å². The lowest BCUT2D eigenvalue weighted by Crippen LogP contribution is -2.33. The van der Waals surface area contributed by atoms with Gasteiger partial charge in [0.2, 0.25) is 11.8 Å². The topological polar surface area (TPSA) is 86.5 Å². The molecule has 8 heteroatoms. The van der Waals surface area contributed by atoms with Gasteiger partial charge in [0, 0.05) is 12.0 Å². The fourth-order valence-corrected chi connectivity index (χ4v) is 3.89. The van der Waals surface area contributed by atoms with Gasteiger partial charge in [-0.25, -0.2) is 0 Å². The second-order valence-corrected chi connectivity index (χ2v) is 8.50. The Morgan fingerprint density at radius 3 is 2.61 bits per heavy atom. The van der Waals surface area contributed by atoms with E-state index in [2.05, 4.69) is 29.4 Å². The summed E-state index contributed by atoms with van der Waals surface area (Å²) >= 11 is 1.22. The van der Waals surface area contributed by atoms with Gasteiger partial charge in [-0.1, -0.05) is 49.9 Å². The number of ether oxygens (including phenoxy) is 2. The van der Waals surface area contributed by atoms with Crippen LogP contribution in [0.15, 0.2) is 58.2 Å². The van der Waals surface area contributed by atoms with Crippen molar-refractivity contribution in [3.63, 3.8) is 0 Å². The van der Waals surface area contributed by atoms with Crippen LogP contribution in [0.2, 0.25) is 0 Å². The maximum absolute atomic E-state index is 12.6. The molecule has 1 N–H and O–H groups in total. The Morgan fingerprint density at radius 2 is 1.84 bits per heavy atom. The third-order valence-electron chi connectivity index (χ3n) is 4.87. The second-order valence-electron chi connectivity index (χ2n) is 7.57. The van der Waals surface area contributed by atoms with Crippen LogP contribution in [0.5, 0.6) is 11.5 Å². The van der Waals surface area contributed by atoms with Crippen LogP contribution in [0, 0.1) is 5.92 Å². The average molecular weight is 440 g/mol. The number of benzene rings is 2. The fourth-order valence-electron chi connectivity index (χ4n) is 3.32. The normalized spacial score (nSPS) is 14.2. The van der Waals surface area contributed by atoms with E-state index in [1.54, 1.807) is 0 Å². The largest absolute Gasteiger partial charge is 0.490 e. The molecule has 1 atom stereocenters. The summed E-state index contributed by atoms with van der Waals surface area (Å²) in [5.41, 5.74) is 1.84. The predicted molar refractivity (Wildman–Crippen MR) is 118 cm³/mol. The van der Waals surface area contributed by atoms with E-state index < -0.39 is 0 Å². The van der Waals surface area contributed by atoms with Crippen molar-refractivity contribution < 1.29 is 18.7 Å². The highest BCUT2D eigenvalue weighted by Gasteiger charge is 2.21. The van der Waals surface area contributed by atoms with Crippen molar-refractivity contribution >= 4 is 17.7 Å². The first-order chi connectivity index (χ1) is 15.1. The number of carbonyl (C=O) groups excluding carboxylic acids is 1. The standard InChI is InChI=1S/C23H25N3O4S/c1-15(2)21(17-9-10-18-19(13-17)29-12-6-11-28-18)24-20(27)14-31-23-26-25-22(30-23)16-7-4-3-5-8-16/h3-5,7-10,13,15,21H,6,11-12,14H2,1-2H3,(H,24,27). The van der Waals surface area contributed by atoms with Gasteiger partial charge in [-0.3, -0.25) is 4.79 Å². The molecule has 2 heterocycles. The van der Waals surface area contributed by atoms with Crippen molar-refractivity contribution in [1.82, 2.24) is 15.5 Å². The van der Waals surface area contributed by atoms with Crippen LogP contribution in [0.4, 0.5) is 0 Å². The lowest BCUT2D eigenvalue weighted by molar-refractivity contribution is -0.119. The Bertz CT molecular complexity index is 1020. The van der Waals surface area contributed by atoms with Gasteiger partial charge >= 0.3 is 0 Å². The van der Waals surface area contributed by atoms with E-state index in [4.69, 9.17) is 13.9 Å². The minimum absolute atomic E-state index is 0.102. The number of thioether (sulfide) groups is 1. The number of fused-ring (bicyclic) bond motifs is 1. The number of nitrogens with zero attached hydrogens (tertiary/aromatic N) is 2. The number of rotatable bonds is 7. The van der Waals surface area contributed by atoms with Crippen LogP contribution < -0.4 is 14.8 Å². The van der Waals surface area contributed by atoms with Crippen molar-refractivity contribution in [3.8, 4) is 23.0 Å². The molecule has 1 aromatic heterocycles. The molecule has 1 amide bonds. The molecule has 0 spiro atoms. The molecule has 0 saturated carbocycles. The number of carbonyl (C=O) groups is 1. The summed E-state index contributed by atoms with van der Waals surface area (Å²) in [6.45, 7) is 5.42. The average Bonchev–Trinajstić information content (AvgIpc) is 3.14. The Balaban J connectivity index is 1.38. The maximum atomic E-state index is 12.6. The molecule has 1 aliphatic rings. The molecule has 0 saturated heterocycles. The smallest absolute Gasteiger partial charge is 0.277 e. The third-order valence-corrected chi connectivity index (χ3v) is 5.69. The molecule has 0 bridgehead atoms. The molecular weight excluding hydrogens is 414 g/mol. The minimum Gasteiger partial charge on any atom is -0.490 e. The van der Waals surface area contributed by atoms with Gasteiger partial charge in [-0.2, -0.15) is 0 Å². The number of hydrogen-bond acceptors (Lipinski definition) is 7. The van der Waals surface area contributed by atoms with Gasteiger partial charge in [0.25, 0.3) is 5.22 Å². The van der Waals surface area contributed by atoms with Gasteiger partial charge in [0.15, 0.2) is 11.5 Å². The van der Waals surface area contributed by atoms with E-state index in [1.165, 1.54) is 11.8 Å². The van der Waals surface area contributed by atoms with Crippen molar-refractivity contribution in [3.05, 3.63) is 54.1 Å². The Labute approximate surface area is 185 Å². The highest BCUT2D eigenvalue weighted by Crippen LogP contribution is 2.34. The Morgan fingerprint density at radius 1 is 1.06 bits per heavy atom. The quantitative estimate of drug-likeness (QED) is 0.542.